The number of hydrazine groups is 1. The van der Waals surface area contributed by atoms with Crippen molar-refractivity contribution in [2.45, 2.75) is 12.8 Å². The van der Waals surface area contributed by atoms with E-state index in [9.17, 15) is 19.2 Å². The van der Waals surface area contributed by atoms with Gasteiger partial charge in [-0.1, -0.05) is 29.8 Å². The van der Waals surface area contributed by atoms with Crippen LogP contribution in [0.1, 0.15) is 33.6 Å². The van der Waals surface area contributed by atoms with E-state index in [2.05, 4.69) is 10.7 Å². The molecule has 9 heteroatoms. The number of amides is 4. The summed E-state index contributed by atoms with van der Waals surface area (Å²) in [6.07, 6.45) is 4.89. The molecule has 0 spiro atoms. The summed E-state index contributed by atoms with van der Waals surface area (Å²) >= 11 is 6.13. The highest BCUT2D eigenvalue weighted by atomic mass is 35.5. The summed E-state index contributed by atoms with van der Waals surface area (Å²) < 4.78 is 0. The molecule has 2 aromatic carbocycles. The predicted molar refractivity (Wildman–Crippen MR) is 125 cm³/mol. The van der Waals surface area contributed by atoms with E-state index < -0.39 is 11.8 Å². The third kappa shape index (κ3) is 4.47. The molecule has 0 radical (unpaired) electrons. The molecule has 4 rings (SSSR count). The second-order valence-corrected chi connectivity index (χ2v) is 8.61. The van der Waals surface area contributed by atoms with Crippen LogP contribution in [0.3, 0.4) is 0 Å². The van der Waals surface area contributed by atoms with Crippen LogP contribution in [-0.2, 0) is 9.59 Å². The molecule has 2 aliphatic rings. The van der Waals surface area contributed by atoms with E-state index in [0.717, 1.165) is 0 Å². The molecule has 0 bridgehead atoms. The van der Waals surface area contributed by atoms with Gasteiger partial charge in [0, 0.05) is 25.3 Å². The second kappa shape index (κ2) is 9.07. The highest BCUT2D eigenvalue weighted by Crippen LogP contribution is 2.32. The minimum absolute atomic E-state index is 0.203. The van der Waals surface area contributed by atoms with E-state index in [1.807, 2.05) is 12.2 Å². The minimum Gasteiger partial charge on any atom is -0.345 e. The van der Waals surface area contributed by atoms with Gasteiger partial charge in [0.1, 0.15) is 0 Å². The number of anilines is 2. The Morgan fingerprint density at radius 3 is 2.52 bits per heavy atom. The Morgan fingerprint density at radius 1 is 1.06 bits per heavy atom. The lowest BCUT2D eigenvalue weighted by Gasteiger charge is -2.38. The molecule has 33 heavy (non-hydrogen) atoms. The normalized spacial score (nSPS) is 19.5. The van der Waals surface area contributed by atoms with Crippen molar-refractivity contribution in [1.29, 1.82) is 0 Å². The van der Waals surface area contributed by atoms with Crippen molar-refractivity contribution in [2.75, 3.05) is 24.4 Å². The van der Waals surface area contributed by atoms with Gasteiger partial charge in [0.05, 0.1) is 28.1 Å². The third-order valence-electron chi connectivity index (χ3n) is 5.76. The number of rotatable bonds is 4. The van der Waals surface area contributed by atoms with Crippen LogP contribution in [0.4, 0.5) is 11.4 Å². The Kier molecular flexibility index (Phi) is 6.20. The largest absolute Gasteiger partial charge is 0.345 e. The summed E-state index contributed by atoms with van der Waals surface area (Å²) in [7, 11) is 3.23. The number of allylic oxidation sites excluding steroid dienone is 2. The molecule has 1 heterocycles. The Balaban J connectivity index is 1.55. The van der Waals surface area contributed by atoms with Crippen LogP contribution in [0.2, 0.25) is 5.02 Å². The van der Waals surface area contributed by atoms with Crippen LogP contribution in [0.5, 0.6) is 0 Å². The van der Waals surface area contributed by atoms with Crippen molar-refractivity contribution in [3.8, 4) is 0 Å². The Hall–Kier alpha value is -3.65. The standard InChI is InChI=1S/C24H23ClN4O4/c1-28(2)23(32)19-13-15(10-11-20(19)25)26-21(30)14-6-5-7-16(12-14)29-24(33)18-9-4-3-8-17(18)22(31)27-29/h3-7,10-13,17-18H,8-9H2,1-2H3,(H,26,30)(H,27,31). The molecule has 1 fully saturated rings. The third-order valence-corrected chi connectivity index (χ3v) is 6.09. The average molecular weight is 467 g/mol. The number of nitrogens with one attached hydrogen (secondary N) is 2. The summed E-state index contributed by atoms with van der Waals surface area (Å²) in [5, 5.41) is 4.25. The molecule has 1 aliphatic heterocycles. The molecule has 2 unspecified atom stereocenters. The van der Waals surface area contributed by atoms with E-state index >= 15 is 0 Å². The van der Waals surface area contributed by atoms with Gasteiger partial charge in [-0.3, -0.25) is 24.6 Å². The molecule has 2 aromatic rings. The molecule has 2 atom stereocenters. The summed E-state index contributed by atoms with van der Waals surface area (Å²) in [5.74, 6) is -1.91. The van der Waals surface area contributed by atoms with Crippen molar-refractivity contribution in [1.82, 2.24) is 10.3 Å². The van der Waals surface area contributed by atoms with Crippen molar-refractivity contribution < 1.29 is 19.2 Å². The topological polar surface area (TPSA) is 98.8 Å². The first-order valence-electron chi connectivity index (χ1n) is 10.5. The van der Waals surface area contributed by atoms with E-state index in [-0.39, 0.29) is 39.8 Å². The lowest BCUT2D eigenvalue weighted by molar-refractivity contribution is -0.139. The van der Waals surface area contributed by atoms with E-state index in [4.69, 9.17) is 11.6 Å². The number of halogens is 1. The lowest BCUT2D eigenvalue weighted by atomic mass is 9.80. The lowest BCUT2D eigenvalue weighted by Crippen LogP contribution is -2.59. The van der Waals surface area contributed by atoms with Crippen LogP contribution in [0.25, 0.3) is 0 Å². The molecule has 170 valence electrons. The van der Waals surface area contributed by atoms with Crippen molar-refractivity contribution in [3.63, 3.8) is 0 Å². The van der Waals surface area contributed by atoms with Crippen molar-refractivity contribution in [3.05, 3.63) is 70.8 Å². The molecular weight excluding hydrogens is 444 g/mol. The zero-order valence-electron chi connectivity index (χ0n) is 18.2. The van der Waals surface area contributed by atoms with Gasteiger partial charge in [-0.15, -0.1) is 0 Å². The van der Waals surface area contributed by atoms with E-state index in [0.29, 0.717) is 24.2 Å². The summed E-state index contributed by atoms with van der Waals surface area (Å²) in [6.45, 7) is 0. The molecule has 0 aromatic heterocycles. The summed E-state index contributed by atoms with van der Waals surface area (Å²) in [6, 6.07) is 11.1. The Morgan fingerprint density at radius 2 is 1.79 bits per heavy atom. The van der Waals surface area contributed by atoms with E-state index in [1.54, 1.807) is 44.4 Å². The van der Waals surface area contributed by atoms with Crippen LogP contribution in [0, 0.1) is 11.8 Å². The van der Waals surface area contributed by atoms with Gasteiger partial charge in [-0.05, 0) is 49.2 Å². The average Bonchev–Trinajstić information content (AvgIpc) is 2.82. The van der Waals surface area contributed by atoms with Gasteiger partial charge >= 0.3 is 0 Å². The van der Waals surface area contributed by atoms with Gasteiger partial charge in [0.25, 0.3) is 11.8 Å². The number of fused-ring (bicyclic) bond motifs is 1. The zero-order chi connectivity index (χ0) is 23.7. The first kappa shape index (κ1) is 22.5. The molecular formula is C24H23ClN4O4. The Bertz CT molecular complexity index is 1180. The smallest absolute Gasteiger partial charge is 0.255 e. The maximum absolute atomic E-state index is 13.0. The van der Waals surface area contributed by atoms with Crippen LogP contribution in [0.15, 0.2) is 54.6 Å². The molecule has 0 saturated carbocycles. The van der Waals surface area contributed by atoms with Gasteiger partial charge < -0.3 is 10.2 Å². The fraction of sp³-hybridized carbons (Fsp3) is 0.250. The number of hydrogen-bond acceptors (Lipinski definition) is 4. The molecule has 4 amide bonds. The highest BCUT2D eigenvalue weighted by molar-refractivity contribution is 6.34. The number of nitrogens with zero attached hydrogens (tertiary/aromatic N) is 2. The first-order chi connectivity index (χ1) is 15.8. The van der Waals surface area contributed by atoms with Crippen LogP contribution in [-0.4, -0.2) is 42.6 Å². The first-order valence-corrected chi connectivity index (χ1v) is 10.9. The number of carbonyl (C=O) groups is 4. The number of hydrogen-bond donors (Lipinski definition) is 2. The van der Waals surface area contributed by atoms with Gasteiger partial charge in [0.2, 0.25) is 11.8 Å². The summed E-state index contributed by atoms with van der Waals surface area (Å²) in [4.78, 5) is 52.1. The monoisotopic (exact) mass is 466 g/mol. The molecule has 8 nitrogen and oxygen atoms in total. The van der Waals surface area contributed by atoms with Gasteiger partial charge in [-0.2, -0.15) is 0 Å². The predicted octanol–water partition coefficient (Wildman–Crippen LogP) is 3.25. The van der Waals surface area contributed by atoms with E-state index in [1.165, 1.54) is 22.0 Å². The van der Waals surface area contributed by atoms with Crippen molar-refractivity contribution >= 4 is 46.6 Å². The maximum Gasteiger partial charge on any atom is 0.255 e. The van der Waals surface area contributed by atoms with Gasteiger partial charge in [0.15, 0.2) is 0 Å². The molecule has 2 N–H and O–H groups in total. The van der Waals surface area contributed by atoms with Crippen LogP contribution < -0.4 is 15.8 Å². The number of carbonyl (C=O) groups excluding carboxylic acids is 4. The highest BCUT2D eigenvalue weighted by Gasteiger charge is 2.42. The molecule has 1 aliphatic carbocycles. The second-order valence-electron chi connectivity index (χ2n) is 8.20. The molecule has 1 saturated heterocycles. The van der Waals surface area contributed by atoms with Crippen LogP contribution >= 0.6 is 11.6 Å². The Labute approximate surface area is 196 Å². The van der Waals surface area contributed by atoms with Gasteiger partial charge in [-0.25, -0.2) is 5.01 Å². The maximum atomic E-state index is 13.0. The quantitative estimate of drug-likeness (QED) is 0.675. The zero-order valence-corrected chi connectivity index (χ0v) is 18.9. The number of benzene rings is 2. The summed E-state index contributed by atoms with van der Waals surface area (Å²) in [5.41, 5.74) is 4.01. The fourth-order valence-corrected chi connectivity index (χ4v) is 4.18. The van der Waals surface area contributed by atoms with Crippen molar-refractivity contribution in [2.24, 2.45) is 11.8 Å². The SMILES string of the molecule is CN(C)C(=O)c1cc(NC(=O)c2cccc(N3NC(=O)C4CC=CCC4C3=O)c2)ccc1Cl. The minimum atomic E-state index is -0.434. The fourth-order valence-electron chi connectivity index (χ4n) is 3.98.